The first kappa shape index (κ1) is 25.3. The predicted molar refractivity (Wildman–Crippen MR) is 109 cm³/mol. The Morgan fingerprint density at radius 1 is 1.12 bits per heavy atom. The van der Waals surface area contributed by atoms with E-state index in [4.69, 9.17) is 4.74 Å². The maximum absolute atomic E-state index is 13.1. The number of benzene rings is 1. The van der Waals surface area contributed by atoms with Crippen molar-refractivity contribution < 1.29 is 31.5 Å². The molecule has 1 unspecified atom stereocenters. The van der Waals surface area contributed by atoms with E-state index in [1.807, 2.05) is 6.92 Å². The van der Waals surface area contributed by atoms with Crippen LogP contribution in [0.15, 0.2) is 41.2 Å². The van der Waals surface area contributed by atoms with E-state index >= 15 is 0 Å². The van der Waals surface area contributed by atoms with Crippen molar-refractivity contribution in [3.8, 4) is 0 Å². The first-order chi connectivity index (χ1) is 15.0. The number of ether oxygens (including phenoxy) is 1. The standard InChI is InChI=1S/C19H25F5N6O2/c1-3-25-8-9-26-14-10-15(32-11-18(2,20)21)29-16(28-14)30-17(31)27-13-6-4-12(5-7-13)19(22,23)24/h4-7,10,14,25-26H,3,8-9,11H2,1-2H3,(H3,27,28,29,30,31). The molecule has 178 valence electrons. The van der Waals surface area contributed by atoms with Crippen LogP contribution in [0, 0.1) is 0 Å². The van der Waals surface area contributed by atoms with Gasteiger partial charge >= 0.3 is 12.2 Å². The molecule has 0 aromatic heterocycles. The van der Waals surface area contributed by atoms with E-state index in [9.17, 15) is 26.7 Å². The van der Waals surface area contributed by atoms with Crippen molar-refractivity contribution in [3.05, 3.63) is 41.8 Å². The summed E-state index contributed by atoms with van der Waals surface area (Å²) < 4.78 is 69.2. The number of amides is 2. The zero-order valence-corrected chi connectivity index (χ0v) is 17.4. The molecule has 8 nitrogen and oxygen atoms in total. The van der Waals surface area contributed by atoms with Gasteiger partial charge in [-0.2, -0.15) is 13.2 Å². The highest BCUT2D eigenvalue weighted by atomic mass is 19.4. The Morgan fingerprint density at radius 3 is 2.41 bits per heavy atom. The van der Waals surface area contributed by atoms with E-state index in [2.05, 4.69) is 31.6 Å². The van der Waals surface area contributed by atoms with Gasteiger partial charge in [0.05, 0.1) is 5.56 Å². The van der Waals surface area contributed by atoms with Crippen molar-refractivity contribution in [2.24, 2.45) is 4.99 Å². The summed E-state index contributed by atoms with van der Waals surface area (Å²) in [5, 5.41) is 13.5. The lowest BCUT2D eigenvalue weighted by molar-refractivity contribution is -0.137. The number of nitrogens with one attached hydrogen (secondary N) is 5. The second-order valence-electron chi connectivity index (χ2n) is 6.90. The summed E-state index contributed by atoms with van der Waals surface area (Å²) >= 11 is 0. The van der Waals surface area contributed by atoms with Crippen LogP contribution in [0.25, 0.3) is 0 Å². The summed E-state index contributed by atoms with van der Waals surface area (Å²) in [4.78, 5) is 16.4. The first-order valence-corrected chi connectivity index (χ1v) is 9.73. The Morgan fingerprint density at radius 2 is 1.81 bits per heavy atom. The average molecular weight is 464 g/mol. The molecule has 1 aliphatic rings. The average Bonchev–Trinajstić information content (AvgIpc) is 2.69. The number of anilines is 1. The van der Waals surface area contributed by atoms with Gasteiger partial charge in [0.15, 0.2) is 12.5 Å². The molecular formula is C19H25F5N6O2. The van der Waals surface area contributed by atoms with Gasteiger partial charge in [-0.05, 0) is 30.8 Å². The molecule has 2 amide bonds. The molecule has 0 radical (unpaired) electrons. The van der Waals surface area contributed by atoms with Gasteiger partial charge in [-0.3, -0.25) is 16.0 Å². The number of guanidine groups is 1. The van der Waals surface area contributed by atoms with E-state index in [0.29, 0.717) is 20.0 Å². The fraction of sp³-hybridized carbons (Fsp3) is 0.474. The maximum atomic E-state index is 13.1. The minimum atomic E-state index is -4.49. The summed E-state index contributed by atoms with van der Waals surface area (Å²) in [6.07, 6.45) is -3.72. The van der Waals surface area contributed by atoms with E-state index in [1.165, 1.54) is 6.08 Å². The molecule has 5 N–H and O–H groups in total. The number of alkyl halides is 5. The summed E-state index contributed by atoms with van der Waals surface area (Å²) in [5.41, 5.74) is -0.738. The van der Waals surface area contributed by atoms with Crippen LogP contribution in [0.2, 0.25) is 0 Å². The Bertz CT molecular complexity index is 821. The molecule has 1 aliphatic heterocycles. The number of halogens is 5. The Hall–Kier alpha value is -2.93. The van der Waals surface area contributed by atoms with Crippen LogP contribution in [-0.4, -0.2) is 50.3 Å². The largest absolute Gasteiger partial charge is 0.473 e. The van der Waals surface area contributed by atoms with Crippen molar-refractivity contribution in [3.63, 3.8) is 0 Å². The Kier molecular flexibility index (Phi) is 8.78. The van der Waals surface area contributed by atoms with Crippen LogP contribution in [-0.2, 0) is 10.9 Å². The van der Waals surface area contributed by atoms with Crippen molar-refractivity contribution in [2.75, 3.05) is 31.6 Å². The lowest BCUT2D eigenvalue weighted by Crippen LogP contribution is -2.48. The van der Waals surface area contributed by atoms with Crippen LogP contribution in [0.4, 0.5) is 32.4 Å². The minimum Gasteiger partial charge on any atom is -0.473 e. The normalized spacial score (nSPS) is 16.5. The number of likely N-dealkylation sites (N-methyl/N-ethyl adjacent to an activating group) is 1. The van der Waals surface area contributed by atoms with Gasteiger partial charge < -0.3 is 15.4 Å². The van der Waals surface area contributed by atoms with Crippen LogP contribution < -0.4 is 26.6 Å². The molecule has 0 saturated carbocycles. The molecule has 0 aliphatic carbocycles. The smallest absolute Gasteiger partial charge is 0.416 e. The molecule has 32 heavy (non-hydrogen) atoms. The number of hydrogen-bond donors (Lipinski definition) is 5. The van der Waals surface area contributed by atoms with E-state index in [1.54, 1.807) is 0 Å². The lowest BCUT2D eigenvalue weighted by atomic mass is 10.2. The molecule has 1 aromatic rings. The van der Waals surface area contributed by atoms with Gasteiger partial charge in [-0.15, -0.1) is 0 Å². The SMILES string of the molecule is CCNCCNC1C=C(OCC(C)(F)F)NC(NC(=O)Nc2ccc(C(F)(F)F)cc2)=N1. The Labute approximate surface area is 181 Å². The van der Waals surface area contributed by atoms with Gasteiger partial charge in [0, 0.05) is 31.8 Å². The van der Waals surface area contributed by atoms with Gasteiger partial charge in [0.1, 0.15) is 6.17 Å². The molecule has 2 rings (SSSR count). The van der Waals surface area contributed by atoms with Crippen molar-refractivity contribution >= 4 is 17.7 Å². The predicted octanol–water partition coefficient (Wildman–Crippen LogP) is 2.82. The highest BCUT2D eigenvalue weighted by molar-refractivity contribution is 6.03. The maximum Gasteiger partial charge on any atom is 0.416 e. The molecule has 0 bridgehead atoms. The van der Waals surface area contributed by atoms with Crippen molar-refractivity contribution in [1.29, 1.82) is 0 Å². The molecule has 1 atom stereocenters. The van der Waals surface area contributed by atoms with Gasteiger partial charge in [-0.25, -0.2) is 18.6 Å². The molecule has 0 fully saturated rings. The number of nitrogens with zero attached hydrogens (tertiary/aromatic N) is 1. The van der Waals surface area contributed by atoms with E-state index in [0.717, 1.165) is 30.8 Å². The lowest BCUT2D eigenvalue weighted by Gasteiger charge is -2.24. The summed E-state index contributed by atoms with van der Waals surface area (Å²) in [6.45, 7) is 3.65. The summed E-state index contributed by atoms with van der Waals surface area (Å²) in [5.74, 6) is -3.20. The summed E-state index contributed by atoms with van der Waals surface area (Å²) in [6, 6.07) is 3.05. The third-order valence-electron chi connectivity index (χ3n) is 3.91. The fourth-order valence-electron chi connectivity index (χ4n) is 2.46. The monoisotopic (exact) mass is 464 g/mol. The van der Waals surface area contributed by atoms with E-state index in [-0.39, 0.29) is 17.5 Å². The van der Waals surface area contributed by atoms with Crippen LogP contribution in [0.5, 0.6) is 0 Å². The third-order valence-corrected chi connectivity index (χ3v) is 3.91. The number of rotatable bonds is 9. The highest BCUT2D eigenvalue weighted by Crippen LogP contribution is 2.29. The molecule has 1 aromatic carbocycles. The molecule has 13 heteroatoms. The topological polar surface area (TPSA) is 98.8 Å². The van der Waals surface area contributed by atoms with Crippen LogP contribution >= 0.6 is 0 Å². The quantitative estimate of drug-likeness (QED) is 0.286. The molecule has 1 heterocycles. The Balaban J connectivity index is 1.99. The van der Waals surface area contributed by atoms with Crippen molar-refractivity contribution in [2.45, 2.75) is 32.1 Å². The number of carbonyl (C=O) groups excluding carboxylic acids is 1. The first-order valence-electron chi connectivity index (χ1n) is 9.73. The second kappa shape index (κ2) is 11.1. The number of carbonyl (C=O) groups is 1. The fourth-order valence-corrected chi connectivity index (χ4v) is 2.46. The zero-order chi connectivity index (χ0) is 23.8. The highest BCUT2D eigenvalue weighted by Gasteiger charge is 2.30. The number of aliphatic imine (C=N–C) groups is 1. The van der Waals surface area contributed by atoms with Gasteiger partial charge in [0.25, 0.3) is 5.92 Å². The molecule has 0 saturated heterocycles. The minimum absolute atomic E-state index is 0.0349. The van der Waals surface area contributed by atoms with E-state index < -0.39 is 36.5 Å². The van der Waals surface area contributed by atoms with Gasteiger partial charge in [-0.1, -0.05) is 6.92 Å². The second-order valence-corrected chi connectivity index (χ2v) is 6.90. The third kappa shape index (κ3) is 9.06. The zero-order valence-electron chi connectivity index (χ0n) is 17.4. The molecular weight excluding hydrogens is 439 g/mol. The van der Waals surface area contributed by atoms with Crippen molar-refractivity contribution in [1.82, 2.24) is 21.3 Å². The summed E-state index contributed by atoms with van der Waals surface area (Å²) in [7, 11) is 0. The van der Waals surface area contributed by atoms with Gasteiger partial charge in [0.2, 0.25) is 5.96 Å². The van der Waals surface area contributed by atoms with Crippen LogP contribution in [0.1, 0.15) is 19.4 Å². The number of hydrogen-bond acceptors (Lipinski definition) is 6. The molecule has 0 spiro atoms. The van der Waals surface area contributed by atoms with Crippen LogP contribution in [0.3, 0.4) is 0 Å². The number of urea groups is 1.